The van der Waals surface area contributed by atoms with Crippen LogP contribution in [-0.4, -0.2) is 30.5 Å². The SMILES string of the molecule is CCN(CC)C(N)=NCC1(c2ccc(F)cc2)CC1.I. The van der Waals surface area contributed by atoms with Gasteiger partial charge in [-0.2, -0.15) is 0 Å². The van der Waals surface area contributed by atoms with Crippen molar-refractivity contribution in [2.45, 2.75) is 32.1 Å². The van der Waals surface area contributed by atoms with Crippen LogP contribution in [-0.2, 0) is 5.41 Å². The maximum absolute atomic E-state index is 13.0. The molecule has 0 saturated heterocycles. The van der Waals surface area contributed by atoms with Gasteiger partial charge in [0.2, 0.25) is 0 Å². The number of hydrogen-bond acceptors (Lipinski definition) is 1. The molecule has 5 heteroatoms. The number of rotatable bonds is 5. The minimum atomic E-state index is -0.189. The van der Waals surface area contributed by atoms with Crippen LogP contribution >= 0.6 is 24.0 Å². The Morgan fingerprint density at radius 2 is 1.80 bits per heavy atom. The van der Waals surface area contributed by atoms with Gasteiger partial charge >= 0.3 is 0 Å². The lowest BCUT2D eigenvalue weighted by Gasteiger charge is -2.21. The molecule has 2 N–H and O–H groups in total. The highest BCUT2D eigenvalue weighted by molar-refractivity contribution is 14.0. The van der Waals surface area contributed by atoms with Crippen LogP contribution in [0.25, 0.3) is 0 Å². The lowest BCUT2D eigenvalue weighted by atomic mass is 9.96. The van der Waals surface area contributed by atoms with Crippen LogP contribution in [0, 0.1) is 5.82 Å². The highest BCUT2D eigenvalue weighted by atomic mass is 127. The van der Waals surface area contributed by atoms with E-state index in [4.69, 9.17) is 5.73 Å². The van der Waals surface area contributed by atoms with Gasteiger partial charge in [-0.15, -0.1) is 24.0 Å². The van der Waals surface area contributed by atoms with Crippen molar-refractivity contribution < 1.29 is 4.39 Å². The Hall–Kier alpha value is -0.850. The van der Waals surface area contributed by atoms with E-state index in [1.165, 1.54) is 17.7 Å². The summed E-state index contributed by atoms with van der Waals surface area (Å²) in [6, 6.07) is 6.77. The van der Waals surface area contributed by atoms with Crippen LogP contribution in [0.1, 0.15) is 32.3 Å². The van der Waals surface area contributed by atoms with Crippen molar-refractivity contribution in [3.63, 3.8) is 0 Å². The van der Waals surface area contributed by atoms with Crippen LogP contribution < -0.4 is 5.73 Å². The van der Waals surface area contributed by atoms with Gasteiger partial charge in [-0.1, -0.05) is 12.1 Å². The zero-order valence-corrected chi connectivity index (χ0v) is 14.4. The summed E-state index contributed by atoms with van der Waals surface area (Å²) >= 11 is 0. The molecule has 20 heavy (non-hydrogen) atoms. The number of aliphatic imine (C=N–C) groups is 1. The molecule has 1 fully saturated rings. The molecule has 0 atom stereocenters. The summed E-state index contributed by atoms with van der Waals surface area (Å²) in [6.07, 6.45) is 2.21. The smallest absolute Gasteiger partial charge is 0.191 e. The van der Waals surface area contributed by atoms with E-state index in [-0.39, 0.29) is 35.2 Å². The lowest BCUT2D eigenvalue weighted by Crippen LogP contribution is -2.37. The maximum atomic E-state index is 13.0. The van der Waals surface area contributed by atoms with E-state index in [9.17, 15) is 4.39 Å². The molecule has 1 aliphatic rings. The fourth-order valence-corrected chi connectivity index (χ4v) is 2.37. The zero-order chi connectivity index (χ0) is 13.9. The Balaban J connectivity index is 0.00000200. The number of halogens is 2. The molecular weight excluding hydrogens is 368 g/mol. The number of nitrogens with zero attached hydrogens (tertiary/aromatic N) is 2. The van der Waals surface area contributed by atoms with Crippen molar-refractivity contribution in [1.82, 2.24) is 4.90 Å². The van der Waals surface area contributed by atoms with Gasteiger partial charge in [-0.05, 0) is 44.4 Å². The summed E-state index contributed by atoms with van der Waals surface area (Å²) in [7, 11) is 0. The van der Waals surface area contributed by atoms with Crippen molar-refractivity contribution in [2.75, 3.05) is 19.6 Å². The summed E-state index contributed by atoms with van der Waals surface area (Å²) in [5.41, 5.74) is 7.25. The van der Waals surface area contributed by atoms with Gasteiger partial charge in [0.15, 0.2) is 5.96 Å². The minimum Gasteiger partial charge on any atom is -0.370 e. The molecule has 112 valence electrons. The van der Waals surface area contributed by atoms with E-state index >= 15 is 0 Å². The molecular formula is C15H23FIN3. The zero-order valence-electron chi connectivity index (χ0n) is 12.1. The predicted octanol–water partition coefficient (Wildman–Crippen LogP) is 3.13. The van der Waals surface area contributed by atoms with Crippen molar-refractivity contribution in [3.8, 4) is 0 Å². The summed E-state index contributed by atoms with van der Waals surface area (Å²) in [6.45, 7) is 6.57. The van der Waals surface area contributed by atoms with Crippen LogP contribution in [0.15, 0.2) is 29.3 Å². The quantitative estimate of drug-likeness (QED) is 0.476. The molecule has 0 aliphatic heterocycles. The first-order valence-corrected chi connectivity index (χ1v) is 6.92. The Morgan fingerprint density at radius 3 is 2.25 bits per heavy atom. The predicted molar refractivity (Wildman–Crippen MR) is 92.1 cm³/mol. The fraction of sp³-hybridized carbons (Fsp3) is 0.533. The third kappa shape index (κ3) is 3.84. The highest BCUT2D eigenvalue weighted by Gasteiger charge is 2.44. The first kappa shape index (κ1) is 17.2. The minimum absolute atomic E-state index is 0. The highest BCUT2D eigenvalue weighted by Crippen LogP contribution is 2.48. The third-order valence-electron chi connectivity index (χ3n) is 3.94. The first-order chi connectivity index (χ1) is 9.11. The van der Waals surface area contributed by atoms with Gasteiger partial charge in [-0.3, -0.25) is 4.99 Å². The molecule has 3 nitrogen and oxygen atoms in total. The largest absolute Gasteiger partial charge is 0.370 e. The molecule has 1 aliphatic carbocycles. The normalized spacial score (nSPS) is 16.4. The molecule has 0 spiro atoms. The van der Waals surface area contributed by atoms with E-state index in [1.807, 2.05) is 17.0 Å². The number of benzene rings is 1. The van der Waals surface area contributed by atoms with Crippen molar-refractivity contribution in [3.05, 3.63) is 35.6 Å². The third-order valence-corrected chi connectivity index (χ3v) is 3.94. The van der Waals surface area contributed by atoms with E-state index in [0.29, 0.717) is 12.5 Å². The number of guanidine groups is 1. The van der Waals surface area contributed by atoms with Gasteiger partial charge in [0.05, 0.1) is 6.54 Å². The molecule has 0 heterocycles. The molecule has 1 saturated carbocycles. The maximum Gasteiger partial charge on any atom is 0.191 e. The van der Waals surface area contributed by atoms with Crippen LogP contribution in [0.2, 0.25) is 0 Å². The molecule has 0 aromatic heterocycles. The molecule has 1 aromatic rings. The van der Waals surface area contributed by atoms with Gasteiger partial charge in [0.1, 0.15) is 5.82 Å². The standard InChI is InChI=1S/C15H22FN3.HI/c1-3-19(4-2)14(17)18-11-15(9-10-15)12-5-7-13(16)8-6-12;/h5-8H,3-4,9-11H2,1-2H3,(H2,17,18);1H. The van der Waals surface area contributed by atoms with Crippen molar-refractivity contribution in [1.29, 1.82) is 0 Å². The second-order valence-electron chi connectivity index (χ2n) is 5.13. The van der Waals surface area contributed by atoms with Gasteiger partial charge in [-0.25, -0.2) is 4.39 Å². The van der Waals surface area contributed by atoms with Gasteiger partial charge < -0.3 is 10.6 Å². The molecule has 0 bridgehead atoms. The van der Waals surface area contributed by atoms with E-state index in [2.05, 4.69) is 18.8 Å². The fourth-order valence-electron chi connectivity index (χ4n) is 2.37. The van der Waals surface area contributed by atoms with Gasteiger partial charge in [0.25, 0.3) is 0 Å². The van der Waals surface area contributed by atoms with Crippen LogP contribution in [0.4, 0.5) is 4.39 Å². The monoisotopic (exact) mass is 391 g/mol. The molecule has 0 unspecified atom stereocenters. The van der Waals surface area contributed by atoms with Gasteiger partial charge in [0, 0.05) is 18.5 Å². The second kappa shape index (κ2) is 7.24. The van der Waals surface area contributed by atoms with E-state index in [1.54, 1.807) is 0 Å². The summed E-state index contributed by atoms with van der Waals surface area (Å²) < 4.78 is 13.0. The Bertz CT molecular complexity index is 451. The molecule has 2 rings (SSSR count). The lowest BCUT2D eigenvalue weighted by molar-refractivity contribution is 0.456. The Morgan fingerprint density at radius 1 is 1.25 bits per heavy atom. The summed E-state index contributed by atoms with van der Waals surface area (Å²) in [5, 5.41) is 0. The van der Waals surface area contributed by atoms with E-state index < -0.39 is 0 Å². The average molecular weight is 391 g/mol. The first-order valence-electron chi connectivity index (χ1n) is 6.92. The number of nitrogens with two attached hydrogens (primary N) is 1. The number of hydrogen-bond donors (Lipinski definition) is 1. The van der Waals surface area contributed by atoms with Crippen molar-refractivity contribution in [2.24, 2.45) is 10.7 Å². The molecule has 0 amide bonds. The summed E-state index contributed by atoms with van der Waals surface area (Å²) in [5.74, 6) is 0.420. The van der Waals surface area contributed by atoms with Crippen LogP contribution in [0.5, 0.6) is 0 Å². The van der Waals surface area contributed by atoms with Crippen molar-refractivity contribution >= 4 is 29.9 Å². The van der Waals surface area contributed by atoms with Crippen LogP contribution in [0.3, 0.4) is 0 Å². The Kier molecular flexibility index (Phi) is 6.23. The molecule has 1 aromatic carbocycles. The van der Waals surface area contributed by atoms with E-state index in [0.717, 1.165) is 25.9 Å². The summed E-state index contributed by atoms with van der Waals surface area (Å²) in [4.78, 5) is 6.57. The molecule has 0 radical (unpaired) electrons. The Labute approximate surface area is 137 Å². The second-order valence-corrected chi connectivity index (χ2v) is 5.13. The topological polar surface area (TPSA) is 41.6 Å². The average Bonchev–Trinajstić information content (AvgIpc) is 3.20.